The number of ether oxygens (including phenoxy) is 2. The van der Waals surface area contributed by atoms with Crippen LogP contribution in [0.1, 0.15) is 15.9 Å². The van der Waals surface area contributed by atoms with Gasteiger partial charge in [0.25, 0.3) is 5.56 Å². The van der Waals surface area contributed by atoms with Crippen LogP contribution in [0.2, 0.25) is 5.02 Å². The van der Waals surface area contributed by atoms with Crippen molar-refractivity contribution in [1.82, 2.24) is 4.57 Å². The van der Waals surface area contributed by atoms with E-state index in [1.165, 1.54) is 7.11 Å². The highest BCUT2D eigenvalue weighted by molar-refractivity contribution is 6.31. The quantitative estimate of drug-likeness (QED) is 0.408. The molecule has 0 N–H and O–H groups in total. The fourth-order valence-electron chi connectivity index (χ4n) is 3.70. The molecule has 0 unspecified atom stereocenters. The number of hydrogen-bond donors (Lipinski definition) is 0. The molecule has 0 saturated carbocycles. The van der Waals surface area contributed by atoms with Crippen molar-refractivity contribution in [3.05, 3.63) is 99.3 Å². The Bertz CT molecular complexity index is 1310. The lowest BCUT2D eigenvalue weighted by molar-refractivity contribution is 0.0599. The van der Waals surface area contributed by atoms with E-state index in [2.05, 4.69) is 0 Å². The summed E-state index contributed by atoms with van der Waals surface area (Å²) >= 11 is 6.31. The predicted molar refractivity (Wildman–Crippen MR) is 122 cm³/mol. The number of esters is 1. The summed E-state index contributed by atoms with van der Waals surface area (Å²) in [6.07, 6.45) is 0. The molecule has 1 heterocycles. The van der Waals surface area contributed by atoms with Crippen LogP contribution in [0.5, 0.6) is 5.75 Å². The number of rotatable bonds is 5. The number of nitrogens with zero attached hydrogens (tertiary/aromatic N) is 1. The zero-order valence-electron chi connectivity index (χ0n) is 17.1. The molecule has 156 valence electrons. The summed E-state index contributed by atoms with van der Waals surface area (Å²) in [7, 11) is 2.87. The second-order valence-electron chi connectivity index (χ2n) is 7.01. The third kappa shape index (κ3) is 3.92. The van der Waals surface area contributed by atoms with Crippen molar-refractivity contribution >= 4 is 28.5 Å². The van der Waals surface area contributed by atoms with Gasteiger partial charge >= 0.3 is 5.97 Å². The maximum Gasteiger partial charge on any atom is 0.344 e. The van der Waals surface area contributed by atoms with Gasteiger partial charge in [-0.25, -0.2) is 4.79 Å². The van der Waals surface area contributed by atoms with Gasteiger partial charge in [0.05, 0.1) is 26.3 Å². The van der Waals surface area contributed by atoms with Crippen LogP contribution < -0.4 is 10.3 Å². The molecule has 3 aromatic carbocycles. The largest absolute Gasteiger partial charge is 0.497 e. The molecule has 0 saturated heterocycles. The number of benzene rings is 3. The van der Waals surface area contributed by atoms with Gasteiger partial charge in [-0.15, -0.1) is 0 Å². The van der Waals surface area contributed by atoms with Crippen LogP contribution in [-0.4, -0.2) is 24.8 Å². The number of fused-ring (bicyclic) bond motifs is 1. The maximum absolute atomic E-state index is 13.6. The van der Waals surface area contributed by atoms with Gasteiger partial charge in [0, 0.05) is 16.0 Å². The SMILES string of the molecule is COC(=O)c1c(-c2ccccc2)c2cc(Cl)ccc2n(Cc2ccc(OC)cc2)c1=O. The smallest absolute Gasteiger partial charge is 0.344 e. The Morgan fingerprint density at radius 3 is 2.32 bits per heavy atom. The van der Waals surface area contributed by atoms with Crippen molar-refractivity contribution in [1.29, 1.82) is 0 Å². The minimum Gasteiger partial charge on any atom is -0.497 e. The molecule has 0 amide bonds. The standard InChI is InChI=1S/C25H20ClNO4/c1-30-19-11-8-16(9-12-19)15-27-21-13-10-18(26)14-20(21)22(17-6-4-3-5-7-17)23(24(27)28)25(29)31-2/h3-14H,15H2,1-2H3. The van der Waals surface area contributed by atoms with Crippen LogP contribution in [0.25, 0.3) is 22.0 Å². The van der Waals surface area contributed by atoms with Gasteiger partial charge in [-0.1, -0.05) is 54.1 Å². The van der Waals surface area contributed by atoms with Gasteiger partial charge in [0.15, 0.2) is 0 Å². The molecule has 0 aliphatic rings. The van der Waals surface area contributed by atoms with E-state index >= 15 is 0 Å². The van der Waals surface area contributed by atoms with E-state index in [0.717, 1.165) is 16.9 Å². The topological polar surface area (TPSA) is 57.5 Å². The maximum atomic E-state index is 13.6. The molecule has 4 rings (SSSR count). The average Bonchev–Trinajstić information content (AvgIpc) is 2.81. The van der Waals surface area contributed by atoms with Crippen LogP contribution >= 0.6 is 11.6 Å². The van der Waals surface area contributed by atoms with Crippen molar-refractivity contribution in [3.8, 4) is 16.9 Å². The monoisotopic (exact) mass is 433 g/mol. The molecule has 1 aromatic heterocycles. The molecule has 0 bridgehead atoms. The molecule has 4 aromatic rings. The lowest BCUT2D eigenvalue weighted by atomic mass is 9.95. The number of carbonyl (C=O) groups excluding carboxylic acids is 1. The molecule has 6 heteroatoms. The summed E-state index contributed by atoms with van der Waals surface area (Å²) in [6, 6.07) is 22.0. The first-order chi connectivity index (χ1) is 15.0. The summed E-state index contributed by atoms with van der Waals surface area (Å²) < 4.78 is 11.8. The summed E-state index contributed by atoms with van der Waals surface area (Å²) in [4.78, 5) is 26.4. The van der Waals surface area contributed by atoms with E-state index in [1.54, 1.807) is 29.9 Å². The second-order valence-corrected chi connectivity index (χ2v) is 7.44. The van der Waals surface area contributed by atoms with Crippen molar-refractivity contribution in [2.45, 2.75) is 6.54 Å². The Hall–Kier alpha value is -3.57. The highest BCUT2D eigenvalue weighted by Crippen LogP contribution is 2.33. The number of methoxy groups -OCH3 is 2. The number of carbonyl (C=O) groups is 1. The summed E-state index contributed by atoms with van der Waals surface area (Å²) in [5, 5.41) is 1.21. The number of halogens is 1. The van der Waals surface area contributed by atoms with E-state index in [9.17, 15) is 9.59 Å². The molecule has 31 heavy (non-hydrogen) atoms. The Kier molecular flexibility index (Phi) is 5.78. The van der Waals surface area contributed by atoms with Crippen molar-refractivity contribution in [3.63, 3.8) is 0 Å². The van der Waals surface area contributed by atoms with Gasteiger partial charge in [-0.2, -0.15) is 0 Å². The minimum atomic E-state index is -0.686. The third-order valence-corrected chi connectivity index (χ3v) is 5.41. The Morgan fingerprint density at radius 1 is 0.968 bits per heavy atom. The van der Waals surface area contributed by atoms with E-state index < -0.39 is 11.5 Å². The normalized spacial score (nSPS) is 10.8. The zero-order valence-corrected chi connectivity index (χ0v) is 17.8. The van der Waals surface area contributed by atoms with Crippen LogP contribution in [0.15, 0.2) is 77.6 Å². The molecule has 0 atom stereocenters. The van der Waals surface area contributed by atoms with E-state index in [1.807, 2.05) is 54.6 Å². The Balaban J connectivity index is 2.04. The van der Waals surface area contributed by atoms with Gasteiger partial charge in [-0.05, 0) is 41.5 Å². The van der Waals surface area contributed by atoms with Crippen LogP contribution in [0.3, 0.4) is 0 Å². The van der Waals surface area contributed by atoms with Crippen LogP contribution in [-0.2, 0) is 11.3 Å². The zero-order chi connectivity index (χ0) is 22.0. The molecule has 5 nitrogen and oxygen atoms in total. The second kappa shape index (κ2) is 8.66. The van der Waals surface area contributed by atoms with E-state index in [4.69, 9.17) is 21.1 Å². The lowest BCUT2D eigenvalue weighted by Gasteiger charge is -2.18. The molecule has 0 aliphatic carbocycles. The Labute approximate surface area is 184 Å². The van der Waals surface area contributed by atoms with Crippen LogP contribution in [0.4, 0.5) is 0 Å². The van der Waals surface area contributed by atoms with Gasteiger partial charge in [0.2, 0.25) is 0 Å². The number of hydrogen-bond acceptors (Lipinski definition) is 4. The van der Waals surface area contributed by atoms with Crippen molar-refractivity contribution in [2.24, 2.45) is 0 Å². The minimum absolute atomic E-state index is 0.0167. The predicted octanol–water partition coefficient (Wildman–Crippen LogP) is 5.17. The molecule has 0 fully saturated rings. The summed E-state index contributed by atoms with van der Waals surface area (Å²) in [6.45, 7) is 0.278. The Morgan fingerprint density at radius 2 is 1.68 bits per heavy atom. The van der Waals surface area contributed by atoms with Gasteiger partial charge in [-0.3, -0.25) is 4.79 Å². The first-order valence-corrected chi connectivity index (χ1v) is 10.0. The van der Waals surface area contributed by atoms with Crippen molar-refractivity contribution < 1.29 is 14.3 Å². The highest BCUT2D eigenvalue weighted by Gasteiger charge is 2.24. The fourth-order valence-corrected chi connectivity index (χ4v) is 3.87. The average molecular weight is 434 g/mol. The van der Waals surface area contributed by atoms with E-state index in [-0.39, 0.29) is 12.1 Å². The molecule has 0 spiro atoms. The highest BCUT2D eigenvalue weighted by atomic mass is 35.5. The first-order valence-electron chi connectivity index (χ1n) is 9.66. The first kappa shape index (κ1) is 20.7. The van der Waals surface area contributed by atoms with E-state index in [0.29, 0.717) is 21.5 Å². The van der Waals surface area contributed by atoms with Gasteiger partial charge < -0.3 is 14.0 Å². The summed E-state index contributed by atoms with van der Waals surface area (Å²) in [5.74, 6) is 0.0385. The van der Waals surface area contributed by atoms with Crippen molar-refractivity contribution in [2.75, 3.05) is 14.2 Å². The number of pyridine rings is 1. The molecular formula is C25H20ClNO4. The molecule has 0 radical (unpaired) electrons. The summed E-state index contributed by atoms with van der Waals surface area (Å²) in [5.41, 5.74) is 2.39. The molecular weight excluding hydrogens is 414 g/mol. The lowest BCUT2D eigenvalue weighted by Crippen LogP contribution is -2.29. The van der Waals surface area contributed by atoms with Crippen LogP contribution in [0, 0.1) is 0 Å². The fraction of sp³-hybridized carbons (Fsp3) is 0.120. The third-order valence-electron chi connectivity index (χ3n) is 5.18. The number of aromatic nitrogens is 1. The molecule has 0 aliphatic heterocycles. The van der Waals surface area contributed by atoms with Gasteiger partial charge in [0.1, 0.15) is 11.3 Å².